The zero-order valence-corrected chi connectivity index (χ0v) is 14.7. The zero-order chi connectivity index (χ0) is 18.1. The molecule has 0 atom stereocenters. The van der Waals surface area contributed by atoms with Gasteiger partial charge < -0.3 is 19.0 Å². The van der Waals surface area contributed by atoms with Crippen molar-refractivity contribution >= 4 is 11.5 Å². The molecule has 1 aliphatic carbocycles. The Hall–Kier alpha value is -3.02. The highest BCUT2D eigenvalue weighted by atomic mass is 16.7. The van der Waals surface area contributed by atoms with Crippen LogP contribution in [0.1, 0.15) is 39.9 Å². The number of oxime groups is 1. The first-order chi connectivity index (χ1) is 12.7. The van der Waals surface area contributed by atoms with Crippen LogP contribution in [0.15, 0.2) is 35.5 Å². The molecular formula is C20H19NO5. The minimum Gasteiger partial charge on any atom is -0.497 e. The molecule has 6 nitrogen and oxygen atoms in total. The maximum absolute atomic E-state index is 13.3. The Morgan fingerprint density at radius 3 is 2.73 bits per heavy atom. The molecule has 26 heavy (non-hydrogen) atoms. The molecular weight excluding hydrogens is 334 g/mol. The van der Waals surface area contributed by atoms with Gasteiger partial charge in [0.2, 0.25) is 6.79 Å². The second-order valence-electron chi connectivity index (χ2n) is 6.18. The second kappa shape index (κ2) is 6.71. The van der Waals surface area contributed by atoms with Gasteiger partial charge in [0.15, 0.2) is 17.3 Å². The first kappa shape index (κ1) is 16.4. The molecule has 4 rings (SSSR count). The summed E-state index contributed by atoms with van der Waals surface area (Å²) in [4.78, 5) is 18.3. The van der Waals surface area contributed by atoms with Gasteiger partial charge in [0.05, 0.1) is 12.8 Å². The van der Waals surface area contributed by atoms with Crippen LogP contribution in [-0.2, 0) is 11.3 Å². The molecule has 134 valence electrons. The predicted molar refractivity (Wildman–Crippen MR) is 95.5 cm³/mol. The lowest BCUT2D eigenvalue weighted by molar-refractivity contribution is 0.103. The number of fused-ring (bicyclic) bond motifs is 2. The molecule has 0 bridgehead atoms. The van der Waals surface area contributed by atoms with Crippen LogP contribution in [0.5, 0.6) is 17.2 Å². The molecule has 2 aromatic carbocycles. The zero-order valence-electron chi connectivity index (χ0n) is 14.7. The first-order valence-electron chi connectivity index (χ1n) is 8.47. The van der Waals surface area contributed by atoms with Crippen molar-refractivity contribution in [3.8, 4) is 17.2 Å². The van der Waals surface area contributed by atoms with Gasteiger partial charge in [-0.2, -0.15) is 0 Å². The number of methoxy groups -OCH3 is 1. The third-order valence-electron chi connectivity index (χ3n) is 4.66. The molecule has 0 N–H and O–H groups in total. The van der Waals surface area contributed by atoms with Crippen molar-refractivity contribution in [2.45, 2.75) is 19.3 Å². The van der Waals surface area contributed by atoms with Gasteiger partial charge in [-0.05, 0) is 55.2 Å². The Bertz CT molecular complexity index is 903. The molecule has 2 aromatic rings. The number of rotatable bonds is 4. The molecule has 0 aromatic heterocycles. The number of hydrogen-bond donors (Lipinski definition) is 0. The van der Waals surface area contributed by atoms with Gasteiger partial charge >= 0.3 is 0 Å². The summed E-state index contributed by atoms with van der Waals surface area (Å²) in [5, 5.41) is 4.15. The number of benzene rings is 2. The molecule has 1 heterocycles. The Kier molecular flexibility index (Phi) is 4.24. The van der Waals surface area contributed by atoms with Crippen LogP contribution < -0.4 is 14.2 Å². The van der Waals surface area contributed by atoms with E-state index in [-0.39, 0.29) is 12.6 Å². The number of carbonyl (C=O) groups is 1. The van der Waals surface area contributed by atoms with E-state index in [0.29, 0.717) is 28.4 Å². The molecule has 2 aliphatic rings. The maximum atomic E-state index is 13.3. The van der Waals surface area contributed by atoms with Gasteiger partial charge in [0.1, 0.15) is 12.9 Å². The number of hydrogen-bond acceptors (Lipinski definition) is 6. The van der Waals surface area contributed by atoms with Crippen LogP contribution in [0.2, 0.25) is 0 Å². The van der Waals surface area contributed by atoms with E-state index in [1.54, 1.807) is 31.4 Å². The van der Waals surface area contributed by atoms with E-state index >= 15 is 0 Å². The van der Waals surface area contributed by atoms with Gasteiger partial charge in [-0.1, -0.05) is 5.16 Å². The van der Waals surface area contributed by atoms with Crippen LogP contribution in [0.4, 0.5) is 0 Å². The summed E-state index contributed by atoms with van der Waals surface area (Å²) in [5.74, 6) is 1.78. The van der Waals surface area contributed by atoms with E-state index in [2.05, 4.69) is 5.16 Å². The standard InChI is InChI=1S/C20H19NO5/c1-23-14-8-12-4-3-5-16(21-24-2)19(12)15(10-14)20(22)13-6-7-17-18(9-13)26-11-25-17/h6-10H,3-5,11H2,1-2H3/b21-16+. The van der Waals surface area contributed by atoms with Crippen molar-refractivity contribution in [1.29, 1.82) is 0 Å². The van der Waals surface area contributed by atoms with Gasteiger partial charge in [0, 0.05) is 16.7 Å². The van der Waals surface area contributed by atoms with Crippen LogP contribution in [0, 0.1) is 0 Å². The van der Waals surface area contributed by atoms with E-state index in [1.165, 1.54) is 7.11 Å². The van der Waals surface area contributed by atoms with Crippen molar-refractivity contribution in [3.05, 3.63) is 52.6 Å². The minimum absolute atomic E-state index is 0.107. The molecule has 6 heteroatoms. The van der Waals surface area contributed by atoms with Crippen molar-refractivity contribution in [2.75, 3.05) is 21.0 Å². The largest absolute Gasteiger partial charge is 0.497 e. The summed E-state index contributed by atoms with van der Waals surface area (Å²) in [7, 11) is 3.12. The first-order valence-corrected chi connectivity index (χ1v) is 8.47. The van der Waals surface area contributed by atoms with Crippen LogP contribution in [0.25, 0.3) is 0 Å². The van der Waals surface area contributed by atoms with Crippen molar-refractivity contribution in [2.24, 2.45) is 5.16 Å². The van der Waals surface area contributed by atoms with Gasteiger partial charge in [0.25, 0.3) is 0 Å². The average Bonchev–Trinajstić information content (AvgIpc) is 3.14. The van der Waals surface area contributed by atoms with Crippen molar-refractivity contribution in [1.82, 2.24) is 0 Å². The number of nitrogens with zero attached hydrogens (tertiary/aromatic N) is 1. The Morgan fingerprint density at radius 2 is 1.92 bits per heavy atom. The summed E-state index contributed by atoms with van der Waals surface area (Å²) in [6.45, 7) is 0.173. The van der Waals surface area contributed by atoms with Gasteiger partial charge in [-0.15, -0.1) is 0 Å². The van der Waals surface area contributed by atoms with Gasteiger partial charge in [-0.25, -0.2) is 0 Å². The normalized spacial score (nSPS) is 16.3. The number of ether oxygens (including phenoxy) is 3. The Balaban J connectivity index is 1.84. The highest BCUT2D eigenvalue weighted by molar-refractivity contribution is 6.18. The predicted octanol–water partition coefficient (Wildman–Crippen LogP) is 3.34. The molecule has 0 fully saturated rings. The fourth-order valence-electron chi connectivity index (χ4n) is 3.47. The molecule has 0 unspecified atom stereocenters. The summed E-state index contributed by atoms with van der Waals surface area (Å²) in [6, 6.07) is 8.95. The summed E-state index contributed by atoms with van der Waals surface area (Å²) in [5.41, 5.74) is 3.79. The Morgan fingerprint density at radius 1 is 1.08 bits per heavy atom. The monoisotopic (exact) mass is 353 g/mol. The van der Waals surface area contributed by atoms with Crippen molar-refractivity contribution in [3.63, 3.8) is 0 Å². The van der Waals surface area contributed by atoms with E-state index in [4.69, 9.17) is 19.0 Å². The van der Waals surface area contributed by atoms with E-state index in [0.717, 1.165) is 36.1 Å². The quantitative estimate of drug-likeness (QED) is 0.623. The highest BCUT2D eigenvalue weighted by Crippen LogP contribution is 2.35. The lowest BCUT2D eigenvalue weighted by Gasteiger charge is -2.21. The molecule has 0 saturated heterocycles. The smallest absolute Gasteiger partial charge is 0.231 e. The lowest BCUT2D eigenvalue weighted by Crippen LogP contribution is -2.18. The fraction of sp³-hybridized carbons (Fsp3) is 0.300. The highest BCUT2D eigenvalue weighted by Gasteiger charge is 2.26. The third-order valence-corrected chi connectivity index (χ3v) is 4.66. The van der Waals surface area contributed by atoms with Crippen molar-refractivity contribution < 1.29 is 23.8 Å². The fourth-order valence-corrected chi connectivity index (χ4v) is 3.47. The molecule has 0 amide bonds. The van der Waals surface area contributed by atoms with Gasteiger partial charge in [-0.3, -0.25) is 4.79 Å². The van der Waals surface area contributed by atoms with E-state index in [9.17, 15) is 4.79 Å². The molecule has 0 spiro atoms. The summed E-state index contributed by atoms with van der Waals surface area (Å²) >= 11 is 0. The molecule has 0 saturated carbocycles. The minimum atomic E-state index is -0.107. The topological polar surface area (TPSA) is 66.4 Å². The summed E-state index contributed by atoms with van der Waals surface area (Å²) in [6.07, 6.45) is 2.60. The average molecular weight is 353 g/mol. The maximum Gasteiger partial charge on any atom is 0.231 e. The molecule has 0 radical (unpaired) electrons. The summed E-state index contributed by atoms with van der Waals surface area (Å²) < 4.78 is 16.1. The number of ketones is 1. The third kappa shape index (κ3) is 2.77. The molecule has 1 aliphatic heterocycles. The van der Waals surface area contributed by atoms with Crippen LogP contribution >= 0.6 is 0 Å². The Labute approximate surface area is 151 Å². The number of carbonyl (C=O) groups excluding carboxylic acids is 1. The number of aryl methyl sites for hydroxylation is 1. The van der Waals surface area contributed by atoms with Crippen LogP contribution in [-0.4, -0.2) is 32.5 Å². The lowest BCUT2D eigenvalue weighted by atomic mass is 9.84. The van der Waals surface area contributed by atoms with E-state index < -0.39 is 0 Å². The SMILES string of the molecule is CO/N=C1\CCCc2cc(OC)cc(C(=O)c3ccc4c(c3)OCO4)c21. The van der Waals surface area contributed by atoms with E-state index in [1.807, 2.05) is 6.07 Å². The van der Waals surface area contributed by atoms with Crippen LogP contribution in [0.3, 0.4) is 0 Å². The second-order valence-corrected chi connectivity index (χ2v) is 6.18.